The van der Waals surface area contributed by atoms with Crippen LogP contribution in [-0.2, 0) is 16.1 Å². The van der Waals surface area contributed by atoms with Gasteiger partial charge in [-0.3, -0.25) is 14.3 Å². The summed E-state index contributed by atoms with van der Waals surface area (Å²) in [6.45, 7) is 3.57. The van der Waals surface area contributed by atoms with Crippen LogP contribution >= 0.6 is 0 Å². The van der Waals surface area contributed by atoms with Crippen molar-refractivity contribution in [1.29, 1.82) is 0 Å². The van der Waals surface area contributed by atoms with E-state index < -0.39 is 11.8 Å². The van der Waals surface area contributed by atoms with Crippen molar-refractivity contribution in [3.8, 4) is 5.75 Å². The van der Waals surface area contributed by atoms with Gasteiger partial charge in [-0.05, 0) is 43.7 Å². The number of amides is 2. The molecule has 0 unspecified atom stereocenters. The minimum Gasteiger partial charge on any atom is -0.494 e. The highest BCUT2D eigenvalue weighted by molar-refractivity contribution is 6.39. The molecular weight excluding hydrogens is 296 g/mol. The van der Waals surface area contributed by atoms with Gasteiger partial charge in [0.1, 0.15) is 5.75 Å². The lowest BCUT2D eigenvalue weighted by Gasteiger charge is -2.08. The molecule has 2 aromatic rings. The third-order valence-electron chi connectivity index (χ3n) is 3.04. The molecule has 0 aliphatic heterocycles. The van der Waals surface area contributed by atoms with Crippen LogP contribution in [0.2, 0.25) is 0 Å². The van der Waals surface area contributed by atoms with Gasteiger partial charge in [0.05, 0.1) is 6.61 Å². The second-order valence-electron chi connectivity index (χ2n) is 4.79. The summed E-state index contributed by atoms with van der Waals surface area (Å²) in [5.41, 5.74) is 0.546. The molecule has 0 radical (unpaired) electrons. The summed E-state index contributed by atoms with van der Waals surface area (Å²) in [6, 6.07) is 8.69. The number of hydrogen-bond acceptors (Lipinski definition) is 4. The van der Waals surface area contributed by atoms with Crippen LogP contribution < -0.4 is 15.4 Å². The van der Waals surface area contributed by atoms with E-state index in [1.807, 2.05) is 19.2 Å². The summed E-state index contributed by atoms with van der Waals surface area (Å²) in [5.74, 6) is -0.624. The van der Waals surface area contributed by atoms with Gasteiger partial charge in [0, 0.05) is 31.2 Å². The molecular formula is C16H20N4O3. The first-order valence-electron chi connectivity index (χ1n) is 7.48. The molecule has 1 aromatic heterocycles. The summed E-state index contributed by atoms with van der Waals surface area (Å²) in [6.07, 6.45) is 4.24. The van der Waals surface area contributed by atoms with E-state index in [1.165, 1.54) is 0 Å². The molecule has 2 N–H and O–H groups in total. The first-order valence-corrected chi connectivity index (χ1v) is 7.48. The van der Waals surface area contributed by atoms with Crippen molar-refractivity contribution in [2.45, 2.75) is 19.9 Å². The first kappa shape index (κ1) is 16.5. The number of carbonyl (C=O) groups is 2. The molecule has 0 aliphatic carbocycles. The van der Waals surface area contributed by atoms with E-state index in [0.29, 0.717) is 37.6 Å². The molecule has 0 bridgehead atoms. The molecule has 23 heavy (non-hydrogen) atoms. The van der Waals surface area contributed by atoms with Crippen molar-refractivity contribution in [2.75, 3.05) is 18.5 Å². The van der Waals surface area contributed by atoms with E-state index in [4.69, 9.17) is 4.74 Å². The lowest BCUT2D eigenvalue weighted by Crippen LogP contribution is -2.36. The fourth-order valence-corrected chi connectivity index (χ4v) is 1.94. The van der Waals surface area contributed by atoms with Gasteiger partial charge in [-0.1, -0.05) is 0 Å². The average molecular weight is 316 g/mol. The Bertz CT molecular complexity index is 623. The van der Waals surface area contributed by atoms with Crippen molar-refractivity contribution in [2.24, 2.45) is 0 Å². The van der Waals surface area contributed by atoms with E-state index >= 15 is 0 Å². The fourth-order valence-electron chi connectivity index (χ4n) is 1.94. The average Bonchev–Trinajstić information content (AvgIpc) is 3.07. The van der Waals surface area contributed by atoms with Crippen molar-refractivity contribution < 1.29 is 14.3 Å². The van der Waals surface area contributed by atoms with Crippen LogP contribution in [0.5, 0.6) is 5.75 Å². The Labute approximate surface area is 134 Å². The Hall–Kier alpha value is -2.83. The molecule has 1 heterocycles. The van der Waals surface area contributed by atoms with E-state index in [2.05, 4.69) is 15.7 Å². The SMILES string of the molecule is CCOc1ccc(NC(=O)C(=O)NCCCn2cccn2)cc1. The van der Waals surface area contributed by atoms with Gasteiger partial charge in [-0.15, -0.1) is 0 Å². The second kappa shape index (κ2) is 8.57. The maximum atomic E-state index is 11.8. The van der Waals surface area contributed by atoms with Crippen molar-refractivity contribution in [3.63, 3.8) is 0 Å². The highest BCUT2D eigenvalue weighted by Crippen LogP contribution is 2.15. The second-order valence-corrected chi connectivity index (χ2v) is 4.79. The van der Waals surface area contributed by atoms with E-state index in [0.717, 1.165) is 0 Å². The summed E-state index contributed by atoms with van der Waals surface area (Å²) < 4.78 is 7.08. The summed E-state index contributed by atoms with van der Waals surface area (Å²) >= 11 is 0. The summed E-state index contributed by atoms with van der Waals surface area (Å²) in [4.78, 5) is 23.5. The van der Waals surface area contributed by atoms with Crippen LogP contribution in [0.15, 0.2) is 42.7 Å². The number of aromatic nitrogens is 2. The predicted molar refractivity (Wildman–Crippen MR) is 86.1 cm³/mol. The number of anilines is 1. The molecule has 0 fully saturated rings. The van der Waals surface area contributed by atoms with Crippen LogP contribution in [0.1, 0.15) is 13.3 Å². The predicted octanol–water partition coefficient (Wildman–Crippen LogP) is 1.43. The standard InChI is InChI=1S/C16H20N4O3/c1-2-23-14-7-5-13(6-8-14)19-16(22)15(21)17-9-3-11-20-12-4-10-18-20/h4-8,10,12H,2-3,9,11H2,1H3,(H,17,21)(H,19,22). The number of aryl methyl sites for hydroxylation is 1. The summed E-state index contributed by atoms with van der Waals surface area (Å²) in [7, 11) is 0. The first-order chi connectivity index (χ1) is 11.2. The lowest BCUT2D eigenvalue weighted by atomic mass is 10.3. The number of hydrogen-bond donors (Lipinski definition) is 2. The van der Waals surface area contributed by atoms with Gasteiger partial charge in [0.25, 0.3) is 0 Å². The molecule has 0 atom stereocenters. The third-order valence-corrected chi connectivity index (χ3v) is 3.04. The Morgan fingerprint density at radius 3 is 2.65 bits per heavy atom. The van der Waals surface area contributed by atoms with Gasteiger partial charge >= 0.3 is 11.8 Å². The number of ether oxygens (including phenoxy) is 1. The Morgan fingerprint density at radius 2 is 2.00 bits per heavy atom. The molecule has 7 nitrogen and oxygen atoms in total. The van der Waals surface area contributed by atoms with Crippen LogP contribution in [0.4, 0.5) is 5.69 Å². The minimum atomic E-state index is -0.687. The highest BCUT2D eigenvalue weighted by Gasteiger charge is 2.12. The number of nitrogens with zero attached hydrogens (tertiary/aromatic N) is 2. The zero-order chi connectivity index (χ0) is 16.5. The Kier molecular flexibility index (Phi) is 6.17. The largest absolute Gasteiger partial charge is 0.494 e. The third kappa shape index (κ3) is 5.46. The fraction of sp³-hybridized carbons (Fsp3) is 0.312. The van der Waals surface area contributed by atoms with Crippen LogP contribution in [-0.4, -0.2) is 34.7 Å². The molecule has 2 amide bonds. The molecule has 0 saturated heterocycles. The summed E-state index contributed by atoms with van der Waals surface area (Å²) in [5, 5.41) is 9.18. The minimum absolute atomic E-state index is 0.412. The molecule has 1 aromatic carbocycles. The van der Waals surface area contributed by atoms with Gasteiger partial charge in [0.2, 0.25) is 0 Å². The Morgan fingerprint density at radius 1 is 1.22 bits per heavy atom. The topological polar surface area (TPSA) is 85.2 Å². The lowest BCUT2D eigenvalue weighted by molar-refractivity contribution is -0.136. The van der Waals surface area contributed by atoms with Crippen molar-refractivity contribution in [1.82, 2.24) is 15.1 Å². The number of nitrogens with one attached hydrogen (secondary N) is 2. The highest BCUT2D eigenvalue weighted by atomic mass is 16.5. The van der Waals surface area contributed by atoms with Gasteiger partial charge < -0.3 is 15.4 Å². The number of carbonyl (C=O) groups excluding carboxylic acids is 2. The van der Waals surface area contributed by atoms with Crippen molar-refractivity contribution >= 4 is 17.5 Å². The van der Waals surface area contributed by atoms with E-state index in [-0.39, 0.29) is 0 Å². The zero-order valence-corrected chi connectivity index (χ0v) is 13.0. The number of rotatable bonds is 7. The zero-order valence-electron chi connectivity index (χ0n) is 13.0. The molecule has 0 saturated carbocycles. The van der Waals surface area contributed by atoms with E-state index in [9.17, 15) is 9.59 Å². The van der Waals surface area contributed by atoms with Crippen LogP contribution in [0.3, 0.4) is 0 Å². The van der Waals surface area contributed by atoms with Gasteiger partial charge in [-0.2, -0.15) is 5.10 Å². The van der Waals surface area contributed by atoms with Crippen LogP contribution in [0, 0.1) is 0 Å². The normalized spacial score (nSPS) is 10.1. The van der Waals surface area contributed by atoms with E-state index in [1.54, 1.807) is 35.1 Å². The maximum absolute atomic E-state index is 11.8. The van der Waals surface area contributed by atoms with Gasteiger partial charge in [0.15, 0.2) is 0 Å². The van der Waals surface area contributed by atoms with Gasteiger partial charge in [-0.25, -0.2) is 0 Å². The maximum Gasteiger partial charge on any atom is 0.313 e. The Balaban J connectivity index is 1.70. The monoisotopic (exact) mass is 316 g/mol. The molecule has 0 spiro atoms. The molecule has 7 heteroatoms. The molecule has 122 valence electrons. The molecule has 0 aliphatic rings. The van der Waals surface area contributed by atoms with Crippen LogP contribution in [0.25, 0.3) is 0 Å². The number of benzene rings is 1. The molecule has 2 rings (SSSR count). The quantitative estimate of drug-likeness (QED) is 0.598. The van der Waals surface area contributed by atoms with Crippen molar-refractivity contribution in [3.05, 3.63) is 42.7 Å². The smallest absolute Gasteiger partial charge is 0.313 e.